The van der Waals surface area contributed by atoms with Gasteiger partial charge in [-0.2, -0.15) is 0 Å². The predicted octanol–water partition coefficient (Wildman–Crippen LogP) is 2.50. The molecule has 0 spiro atoms. The predicted molar refractivity (Wildman–Crippen MR) is 59.7 cm³/mol. The number of fused-ring (bicyclic) bond motifs is 2. The molecule has 0 radical (unpaired) electrons. The highest BCUT2D eigenvalue weighted by Crippen LogP contribution is 2.40. The molecule has 0 unspecified atom stereocenters. The molecule has 0 amide bonds. The average Bonchev–Trinajstić information content (AvgIpc) is 2.23. The second-order valence-corrected chi connectivity index (χ2v) is 4.94. The van der Waals surface area contributed by atoms with Crippen molar-refractivity contribution < 1.29 is 9.72 Å². The Balaban J connectivity index is 2.46. The lowest BCUT2D eigenvalue weighted by Gasteiger charge is -2.34. The Hall–Kier alpha value is -1.19. The van der Waals surface area contributed by atoms with Gasteiger partial charge in [-0.15, -0.1) is 0 Å². The second kappa shape index (κ2) is 4.00. The first-order valence-corrected chi connectivity index (χ1v) is 5.97. The average molecular weight is 223 g/mol. The molecule has 88 valence electrons. The first-order valence-electron chi connectivity index (χ1n) is 5.97. The maximum atomic E-state index is 12.2. The third-order valence-electron chi connectivity index (χ3n) is 4.05. The zero-order valence-electron chi connectivity index (χ0n) is 9.57. The molecule has 1 fully saturated rings. The monoisotopic (exact) mass is 223 g/mol. The van der Waals surface area contributed by atoms with Crippen molar-refractivity contribution in [3.8, 4) is 0 Å². The Morgan fingerprint density at radius 1 is 1.44 bits per heavy atom. The molecular weight excluding hydrogens is 206 g/mol. The van der Waals surface area contributed by atoms with Crippen LogP contribution in [0.25, 0.3) is 0 Å². The normalized spacial score (nSPS) is 34.9. The second-order valence-electron chi connectivity index (χ2n) is 4.94. The van der Waals surface area contributed by atoms with Crippen LogP contribution < -0.4 is 0 Å². The lowest BCUT2D eigenvalue weighted by Crippen LogP contribution is -2.54. The smallest absolute Gasteiger partial charge is 0.286 e. The summed E-state index contributed by atoms with van der Waals surface area (Å²) >= 11 is 0. The summed E-state index contributed by atoms with van der Waals surface area (Å²) < 4.78 is 0. The molecule has 4 nitrogen and oxygen atoms in total. The summed E-state index contributed by atoms with van der Waals surface area (Å²) in [5.41, 5.74) is -0.612. The fourth-order valence-electron chi connectivity index (χ4n) is 2.92. The topological polar surface area (TPSA) is 60.2 Å². The molecule has 1 saturated carbocycles. The van der Waals surface area contributed by atoms with Crippen molar-refractivity contribution >= 4 is 5.78 Å². The zero-order chi connectivity index (χ0) is 11.8. The van der Waals surface area contributed by atoms with E-state index in [9.17, 15) is 14.9 Å². The van der Waals surface area contributed by atoms with E-state index in [-0.39, 0.29) is 16.6 Å². The van der Waals surface area contributed by atoms with Crippen LogP contribution in [0.15, 0.2) is 11.6 Å². The van der Waals surface area contributed by atoms with E-state index in [1.54, 1.807) is 0 Å². The standard InChI is InChI=1S/C12H17NO3/c1-9-6-7-10-5-3-2-4-8-12(9,11(10)14)13(15)16/h7,9H,2-6,8H2,1H3/t9-,12+/m0/s1. The summed E-state index contributed by atoms with van der Waals surface area (Å²) in [5, 5.41) is 11.3. The maximum absolute atomic E-state index is 12.2. The van der Waals surface area contributed by atoms with Gasteiger partial charge < -0.3 is 0 Å². The summed E-state index contributed by atoms with van der Waals surface area (Å²) in [5.74, 6) is -0.382. The minimum absolute atomic E-state index is 0.170. The molecular formula is C12H17NO3. The number of carbonyl (C=O) groups excluding carboxylic acids is 1. The van der Waals surface area contributed by atoms with E-state index in [2.05, 4.69) is 0 Å². The molecule has 0 heterocycles. The van der Waals surface area contributed by atoms with Gasteiger partial charge in [-0.3, -0.25) is 14.9 Å². The van der Waals surface area contributed by atoms with E-state index in [4.69, 9.17) is 0 Å². The minimum Gasteiger partial charge on any atom is -0.286 e. The molecule has 0 aromatic carbocycles. The summed E-state index contributed by atoms with van der Waals surface area (Å²) in [6.07, 6.45) is 6.50. The van der Waals surface area contributed by atoms with E-state index in [1.165, 1.54) is 0 Å². The van der Waals surface area contributed by atoms with Crippen LogP contribution in [0.5, 0.6) is 0 Å². The van der Waals surface area contributed by atoms with Gasteiger partial charge >= 0.3 is 0 Å². The van der Waals surface area contributed by atoms with E-state index >= 15 is 0 Å². The van der Waals surface area contributed by atoms with Crippen molar-refractivity contribution in [2.75, 3.05) is 0 Å². The van der Waals surface area contributed by atoms with E-state index in [0.717, 1.165) is 25.7 Å². The van der Waals surface area contributed by atoms with Crippen molar-refractivity contribution in [2.24, 2.45) is 5.92 Å². The van der Waals surface area contributed by atoms with Gasteiger partial charge in [0.15, 0.2) is 0 Å². The number of carbonyl (C=O) groups is 1. The summed E-state index contributed by atoms with van der Waals surface area (Å²) in [7, 11) is 0. The lowest BCUT2D eigenvalue weighted by atomic mass is 9.68. The van der Waals surface area contributed by atoms with Crippen LogP contribution in [0.1, 0.15) is 45.4 Å². The van der Waals surface area contributed by atoms with Gasteiger partial charge in [0, 0.05) is 17.3 Å². The number of rotatable bonds is 1. The third kappa shape index (κ3) is 1.47. The number of hydrogen-bond donors (Lipinski definition) is 0. The van der Waals surface area contributed by atoms with Crippen LogP contribution in [0.4, 0.5) is 0 Å². The van der Waals surface area contributed by atoms with Gasteiger partial charge in [-0.25, -0.2) is 0 Å². The summed E-state index contributed by atoms with van der Waals surface area (Å²) in [6.45, 7) is 1.83. The fraction of sp³-hybridized carbons (Fsp3) is 0.750. The highest BCUT2D eigenvalue weighted by Gasteiger charge is 2.56. The number of allylic oxidation sites excluding steroid dienone is 1. The molecule has 4 heteroatoms. The number of Topliss-reactive ketones (excluding diaryl/α,β-unsaturated/α-hetero) is 1. The van der Waals surface area contributed by atoms with Crippen molar-refractivity contribution in [2.45, 2.75) is 51.0 Å². The SMILES string of the molecule is C[C@H]1CC=C2CCCCC[C@]1([N+](=O)[O-])C2=O. The Morgan fingerprint density at radius 2 is 2.19 bits per heavy atom. The van der Waals surface area contributed by atoms with Gasteiger partial charge in [0.25, 0.3) is 5.54 Å². The molecule has 0 aromatic rings. The molecule has 16 heavy (non-hydrogen) atoms. The van der Waals surface area contributed by atoms with Crippen molar-refractivity contribution in [3.05, 3.63) is 21.8 Å². The molecule has 2 bridgehead atoms. The number of nitro groups is 1. The Morgan fingerprint density at radius 3 is 2.88 bits per heavy atom. The molecule has 0 aromatic heterocycles. The summed E-state index contributed by atoms with van der Waals surface area (Å²) in [4.78, 5) is 23.3. The largest absolute Gasteiger partial charge is 0.286 e. The quantitative estimate of drug-likeness (QED) is 0.507. The number of hydrogen-bond acceptors (Lipinski definition) is 3. The first-order chi connectivity index (χ1) is 7.59. The Kier molecular flexibility index (Phi) is 2.82. The molecule has 0 saturated heterocycles. The molecule has 2 aliphatic carbocycles. The highest BCUT2D eigenvalue weighted by atomic mass is 16.6. The van der Waals surface area contributed by atoms with Crippen LogP contribution in [-0.2, 0) is 4.79 Å². The molecule has 0 N–H and O–H groups in total. The van der Waals surface area contributed by atoms with E-state index < -0.39 is 5.54 Å². The van der Waals surface area contributed by atoms with Crippen LogP contribution in [-0.4, -0.2) is 16.2 Å². The van der Waals surface area contributed by atoms with Gasteiger partial charge in [-0.1, -0.05) is 19.4 Å². The van der Waals surface area contributed by atoms with E-state index in [0.29, 0.717) is 18.4 Å². The lowest BCUT2D eigenvalue weighted by molar-refractivity contribution is -0.563. The van der Waals surface area contributed by atoms with Gasteiger partial charge in [0.1, 0.15) is 0 Å². The van der Waals surface area contributed by atoms with E-state index in [1.807, 2.05) is 13.0 Å². The summed E-state index contributed by atoms with van der Waals surface area (Å²) in [6, 6.07) is 0. The van der Waals surface area contributed by atoms with Gasteiger partial charge in [0.05, 0.1) is 0 Å². The van der Waals surface area contributed by atoms with Crippen LogP contribution >= 0.6 is 0 Å². The van der Waals surface area contributed by atoms with Crippen molar-refractivity contribution in [1.29, 1.82) is 0 Å². The van der Waals surface area contributed by atoms with Crippen LogP contribution in [0, 0.1) is 16.0 Å². The zero-order valence-corrected chi connectivity index (χ0v) is 9.57. The maximum Gasteiger partial charge on any atom is 0.286 e. The van der Waals surface area contributed by atoms with Crippen molar-refractivity contribution in [1.82, 2.24) is 0 Å². The molecule has 2 aliphatic rings. The van der Waals surface area contributed by atoms with Crippen LogP contribution in [0.3, 0.4) is 0 Å². The van der Waals surface area contributed by atoms with Gasteiger partial charge in [0.2, 0.25) is 5.78 Å². The number of ketones is 1. The Bertz CT molecular complexity index is 361. The molecule has 2 rings (SSSR count). The first kappa shape index (κ1) is 11.3. The van der Waals surface area contributed by atoms with Gasteiger partial charge in [-0.05, 0) is 31.3 Å². The third-order valence-corrected chi connectivity index (χ3v) is 4.05. The number of nitrogens with zero attached hydrogens (tertiary/aromatic N) is 1. The Labute approximate surface area is 94.9 Å². The minimum atomic E-state index is -1.31. The molecule has 0 aliphatic heterocycles. The highest BCUT2D eigenvalue weighted by molar-refractivity contribution is 6.02. The van der Waals surface area contributed by atoms with Crippen LogP contribution in [0.2, 0.25) is 0 Å². The van der Waals surface area contributed by atoms with Crippen molar-refractivity contribution in [3.63, 3.8) is 0 Å². The molecule has 2 atom stereocenters. The fourth-order valence-corrected chi connectivity index (χ4v) is 2.92.